The molecule has 1 fully saturated rings. The highest BCUT2D eigenvalue weighted by Gasteiger charge is 2.15. The van der Waals surface area contributed by atoms with Crippen molar-refractivity contribution in [3.8, 4) is 5.75 Å². The maximum atomic E-state index is 5.25. The predicted octanol–water partition coefficient (Wildman–Crippen LogP) is 1.30. The summed E-state index contributed by atoms with van der Waals surface area (Å²) in [6.45, 7) is 3.38. The molecule has 0 bridgehead atoms. The van der Waals surface area contributed by atoms with Crippen LogP contribution in [0, 0.1) is 0 Å². The topological polar surface area (TPSA) is 25.4 Å². The molecule has 3 heteroatoms. The summed E-state index contributed by atoms with van der Waals surface area (Å²) in [6, 6.07) is 1.91. The van der Waals surface area contributed by atoms with Gasteiger partial charge in [-0.1, -0.05) is 0 Å². The van der Waals surface area contributed by atoms with E-state index in [4.69, 9.17) is 4.74 Å². The Hall–Kier alpha value is -1.09. The normalized spacial score (nSPS) is 16.7. The van der Waals surface area contributed by atoms with E-state index in [-0.39, 0.29) is 0 Å². The van der Waals surface area contributed by atoms with Gasteiger partial charge >= 0.3 is 0 Å². The van der Waals surface area contributed by atoms with Crippen LogP contribution in [0.4, 0.5) is 0 Å². The number of hydrogen-bond donors (Lipinski definition) is 0. The van der Waals surface area contributed by atoms with E-state index >= 15 is 0 Å². The Morgan fingerprint density at radius 1 is 1.54 bits per heavy atom. The van der Waals surface area contributed by atoms with E-state index in [9.17, 15) is 0 Å². The van der Waals surface area contributed by atoms with E-state index in [0.29, 0.717) is 0 Å². The minimum Gasteiger partial charge on any atom is -0.496 e. The lowest BCUT2D eigenvalue weighted by atomic mass is 10.1. The molecule has 2 rings (SSSR count). The zero-order valence-electron chi connectivity index (χ0n) is 7.86. The highest BCUT2D eigenvalue weighted by Crippen LogP contribution is 2.20. The van der Waals surface area contributed by atoms with Gasteiger partial charge in [0.15, 0.2) is 0 Å². The first-order valence-corrected chi connectivity index (χ1v) is 4.59. The summed E-state index contributed by atoms with van der Waals surface area (Å²) in [6.07, 6.45) is 4.97. The van der Waals surface area contributed by atoms with Gasteiger partial charge in [0.05, 0.1) is 7.11 Å². The summed E-state index contributed by atoms with van der Waals surface area (Å²) in [5, 5.41) is 0. The minimum absolute atomic E-state index is 0.946. The van der Waals surface area contributed by atoms with Crippen molar-refractivity contribution >= 4 is 0 Å². The highest BCUT2D eigenvalue weighted by atomic mass is 16.5. The molecule has 0 spiro atoms. The quantitative estimate of drug-likeness (QED) is 0.697. The van der Waals surface area contributed by atoms with Crippen LogP contribution in [-0.4, -0.2) is 30.1 Å². The van der Waals surface area contributed by atoms with Crippen molar-refractivity contribution in [2.45, 2.75) is 13.0 Å². The van der Waals surface area contributed by atoms with Crippen LogP contribution in [0.2, 0.25) is 0 Å². The molecule has 70 valence electrons. The first-order valence-electron chi connectivity index (χ1n) is 4.59. The van der Waals surface area contributed by atoms with E-state index in [1.807, 2.05) is 12.3 Å². The average molecular weight is 178 g/mol. The Balaban J connectivity index is 2.08. The van der Waals surface area contributed by atoms with Crippen molar-refractivity contribution in [3.05, 3.63) is 24.0 Å². The average Bonchev–Trinajstić information content (AvgIpc) is 2.12. The Morgan fingerprint density at radius 2 is 2.38 bits per heavy atom. The van der Waals surface area contributed by atoms with Gasteiger partial charge in [-0.2, -0.15) is 0 Å². The molecule has 1 aromatic heterocycles. The number of likely N-dealkylation sites (tertiary alicyclic amines) is 1. The van der Waals surface area contributed by atoms with Crippen LogP contribution in [0.15, 0.2) is 18.5 Å². The lowest BCUT2D eigenvalue weighted by Crippen LogP contribution is -2.36. The van der Waals surface area contributed by atoms with Crippen molar-refractivity contribution < 1.29 is 4.74 Å². The van der Waals surface area contributed by atoms with E-state index < -0.39 is 0 Å². The van der Waals surface area contributed by atoms with Gasteiger partial charge in [-0.05, 0) is 25.6 Å². The fourth-order valence-corrected chi connectivity index (χ4v) is 1.51. The molecule has 3 nitrogen and oxygen atoms in total. The summed E-state index contributed by atoms with van der Waals surface area (Å²) < 4.78 is 5.25. The molecule has 0 saturated carbocycles. The number of ether oxygens (including phenoxy) is 1. The van der Waals surface area contributed by atoms with Gasteiger partial charge in [0, 0.05) is 24.5 Å². The zero-order chi connectivity index (χ0) is 9.10. The van der Waals surface area contributed by atoms with E-state index in [0.717, 1.165) is 12.3 Å². The second-order valence-electron chi connectivity index (χ2n) is 3.32. The van der Waals surface area contributed by atoms with Gasteiger partial charge in [0.1, 0.15) is 5.75 Å². The Labute approximate surface area is 78.3 Å². The van der Waals surface area contributed by atoms with Gasteiger partial charge in [0.2, 0.25) is 0 Å². The third-order valence-electron chi connectivity index (χ3n) is 2.42. The molecule has 0 N–H and O–H groups in total. The lowest BCUT2D eigenvalue weighted by molar-refractivity contribution is 0.170. The number of aromatic nitrogens is 1. The minimum atomic E-state index is 0.946. The first kappa shape index (κ1) is 8.51. The first-order chi connectivity index (χ1) is 6.40. The van der Waals surface area contributed by atoms with Gasteiger partial charge in [-0.25, -0.2) is 0 Å². The van der Waals surface area contributed by atoms with Crippen LogP contribution >= 0.6 is 0 Å². The smallest absolute Gasteiger partial charge is 0.126 e. The molecule has 2 heterocycles. The van der Waals surface area contributed by atoms with Crippen LogP contribution in [0.3, 0.4) is 0 Å². The van der Waals surface area contributed by atoms with Crippen molar-refractivity contribution in [2.24, 2.45) is 0 Å². The molecule has 1 saturated heterocycles. The highest BCUT2D eigenvalue weighted by molar-refractivity contribution is 5.29. The second kappa shape index (κ2) is 3.75. The molecule has 1 aliphatic rings. The van der Waals surface area contributed by atoms with Crippen LogP contribution in [0.25, 0.3) is 0 Å². The molecule has 1 aromatic rings. The zero-order valence-corrected chi connectivity index (χ0v) is 7.86. The molecule has 0 aliphatic carbocycles. The standard InChI is InChI=1S/C10H14N2O/c1-13-10-3-4-11-7-9(10)8-12-5-2-6-12/h3-4,7H,2,5-6,8H2,1H3. The van der Waals surface area contributed by atoms with Gasteiger partial charge in [-0.15, -0.1) is 0 Å². The largest absolute Gasteiger partial charge is 0.496 e. The van der Waals surface area contributed by atoms with Crippen molar-refractivity contribution in [2.75, 3.05) is 20.2 Å². The molecule has 0 radical (unpaired) electrons. The van der Waals surface area contributed by atoms with Crippen molar-refractivity contribution in [3.63, 3.8) is 0 Å². The summed E-state index contributed by atoms with van der Waals surface area (Å²) >= 11 is 0. The van der Waals surface area contributed by atoms with Crippen molar-refractivity contribution in [1.29, 1.82) is 0 Å². The van der Waals surface area contributed by atoms with Gasteiger partial charge < -0.3 is 4.74 Å². The van der Waals surface area contributed by atoms with E-state index in [2.05, 4.69) is 9.88 Å². The molecule has 0 atom stereocenters. The molecular formula is C10H14N2O. The molecule has 0 amide bonds. The van der Waals surface area contributed by atoms with Gasteiger partial charge in [0.25, 0.3) is 0 Å². The molecular weight excluding hydrogens is 164 g/mol. The number of methoxy groups -OCH3 is 1. The number of nitrogens with zero attached hydrogens (tertiary/aromatic N) is 2. The fraction of sp³-hybridized carbons (Fsp3) is 0.500. The number of pyridine rings is 1. The molecule has 0 aromatic carbocycles. The summed E-state index contributed by atoms with van der Waals surface area (Å²) in [7, 11) is 1.70. The Bertz CT molecular complexity index is 284. The summed E-state index contributed by atoms with van der Waals surface area (Å²) in [5.41, 5.74) is 1.18. The van der Waals surface area contributed by atoms with Gasteiger partial charge in [-0.3, -0.25) is 9.88 Å². The molecule has 1 aliphatic heterocycles. The fourth-order valence-electron chi connectivity index (χ4n) is 1.51. The van der Waals surface area contributed by atoms with Crippen molar-refractivity contribution in [1.82, 2.24) is 9.88 Å². The molecule has 13 heavy (non-hydrogen) atoms. The maximum absolute atomic E-state index is 5.25. The lowest BCUT2D eigenvalue weighted by Gasteiger charge is -2.30. The molecule has 0 unspecified atom stereocenters. The Morgan fingerprint density at radius 3 is 3.00 bits per heavy atom. The number of rotatable bonds is 3. The van der Waals surface area contributed by atoms with Crippen LogP contribution in [-0.2, 0) is 6.54 Å². The Kier molecular flexibility index (Phi) is 2.45. The summed E-state index contributed by atoms with van der Waals surface area (Å²) in [5.74, 6) is 0.946. The third-order valence-corrected chi connectivity index (χ3v) is 2.42. The SMILES string of the molecule is COc1ccncc1CN1CCC1. The van der Waals surface area contributed by atoms with E-state index in [1.165, 1.54) is 25.1 Å². The van der Waals surface area contributed by atoms with Crippen LogP contribution in [0.1, 0.15) is 12.0 Å². The summed E-state index contributed by atoms with van der Waals surface area (Å²) in [4.78, 5) is 6.49. The monoisotopic (exact) mass is 178 g/mol. The number of hydrogen-bond acceptors (Lipinski definition) is 3. The van der Waals surface area contributed by atoms with Crippen LogP contribution in [0.5, 0.6) is 5.75 Å². The van der Waals surface area contributed by atoms with E-state index in [1.54, 1.807) is 13.3 Å². The maximum Gasteiger partial charge on any atom is 0.126 e. The van der Waals surface area contributed by atoms with Crippen LogP contribution < -0.4 is 4.74 Å². The third kappa shape index (κ3) is 1.80. The second-order valence-corrected chi connectivity index (χ2v) is 3.32. The predicted molar refractivity (Wildman–Crippen MR) is 50.7 cm³/mol.